The molecule has 4 heteroatoms. The monoisotopic (exact) mass is 445 g/mol. The summed E-state index contributed by atoms with van der Waals surface area (Å²) in [6.45, 7) is 8.39. The van der Waals surface area contributed by atoms with Crippen LogP contribution in [-0.2, 0) is 9.31 Å². The first-order valence-corrected chi connectivity index (χ1v) is 11.9. The van der Waals surface area contributed by atoms with Gasteiger partial charge in [-0.15, -0.1) is 0 Å². The van der Waals surface area contributed by atoms with Crippen molar-refractivity contribution in [3.8, 4) is 16.8 Å². The maximum absolute atomic E-state index is 6.41. The molecule has 0 radical (unpaired) electrons. The smallest absolute Gasteiger partial charge is 0.399 e. The summed E-state index contributed by atoms with van der Waals surface area (Å²) < 4.78 is 15.2. The van der Waals surface area contributed by atoms with Gasteiger partial charge in [-0.3, -0.25) is 0 Å². The van der Waals surface area contributed by atoms with E-state index in [4.69, 9.17) is 9.31 Å². The summed E-state index contributed by atoms with van der Waals surface area (Å²) in [5.41, 5.74) is 6.10. The van der Waals surface area contributed by atoms with E-state index < -0.39 is 7.12 Å². The van der Waals surface area contributed by atoms with Crippen LogP contribution in [0.5, 0.6) is 0 Å². The van der Waals surface area contributed by atoms with Crippen LogP contribution in [0.15, 0.2) is 97.1 Å². The average Bonchev–Trinajstić information content (AvgIpc) is 3.29. The summed E-state index contributed by atoms with van der Waals surface area (Å²) in [5.74, 6) is 0. The van der Waals surface area contributed by atoms with Gasteiger partial charge in [0.2, 0.25) is 0 Å². The molecule has 0 bridgehead atoms. The fourth-order valence-electron chi connectivity index (χ4n) is 4.90. The van der Waals surface area contributed by atoms with Gasteiger partial charge in [0.15, 0.2) is 0 Å². The molecule has 0 spiro atoms. The minimum Gasteiger partial charge on any atom is -0.399 e. The van der Waals surface area contributed by atoms with Crippen molar-refractivity contribution >= 4 is 34.4 Å². The average molecular weight is 445 g/mol. The highest BCUT2D eigenvalue weighted by molar-refractivity contribution is 6.62. The molecule has 3 nitrogen and oxygen atoms in total. The van der Waals surface area contributed by atoms with Crippen LogP contribution in [0.2, 0.25) is 0 Å². The summed E-state index contributed by atoms with van der Waals surface area (Å²) in [6, 6.07) is 34.4. The molecule has 5 aromatic rings. The third-order valence-corrected chi connectivity index (χ3v) is 7.45. The van der Waals surface area contributed by atoms with Crippen LogP contribution >= 0.6 is 0 Å². The number of hydrogen-bond acceptors (Lipinski definition) is 2. The number of hydrogen-bond donors (Lipinski definition) is 0. The molecule has 1 saturated heterocycles. The first kappa shape index (κ1) is 21.2. The zero-order chi connectivity index (χ0) is 23.5. The zero-order valence-corrected chi connectivity index (χ0v) is 20.1. The molecule has 1 fully saturated rings. The number of fused-ring (bicyclic) bond motifs is 3. The summed E-state index contributed by atoms with van der Waals surface area (Å²) in [4.78, 5) is 0. The molecular weight excluding hydrogens is 417 g/mol. The highest BCUT2D eigenvalue weighted by atomic mass is 16.7. The molecule has 0 unspecified atom stereocenters. The lowest BCUT2D eigenvalue weighted by molar-refractivity contribution is 0.00578. The molecule has 0 saturated carbocycles. The second kappa shape index (κ2) is 7.59. The van der Waals surface area contributed by atoms with E-state index in [2.05, 4.69) is 129 Å². The molecule has 0 atom stereocenters. The minimum atomic E-state index is -0.415. The van der Waals surface area contributed by atoms with Gasteiger partial charge in [-0.25, -0.2) is 0 Å². The van der Waals surface area contributed by atoms with Gasteiger partial charge in [0, 0.05) is 16.3 Å². The normalized spacial score (nSPS) is 17.0. The Kier molecular flexibility index (Phi) is 4.74. The molecule has 0 amide bonds. The maximum atomic E-state index is 6.41. The van der Waals surface area contributed by atoms with Gasteiger partial charge < -0.3 is 13.9 Å². The van der Waals surface area contributed by atoms with Gasteiger partial charge in [-0.05, 0) is 56.9 Å². The molecule has 1 aliphatic rings. The van der Waals surface area contributed by atoms with Crippen LogP contribution in [-0.4, -0.2) is 22.9 Å². The maximum Gasteiger partial charge on any atom is 0.494 e. The van der Waals surface area contributed by atoms with Gasteiger partial charge in [0.1, 0.15) is 0 Å². The Morgan fingerprint density at radius 3 is 1.74 bits per heavy atom. The van der Waals surface area contributed by atoms with E-state index in [9.17, 15) is 0 Å². The highest BCUT2D eigenvalue weighted by Gasteiger charge is 2.51. The van der Waals surface area contributed by atoms with Crippen LogP contribution in [0.4, 0.5) is 0 Å². The molecule has 168 valence electrons. The van der Waals surface area contributed by atoms with E-state index in [-0.39, 0.29) is 11.2 Å². The van der Waals surface area contributed by atoms with Crippen LogP contribution in [0.3, 0.4) is 0 Å². The standard InChI is InChI=1S/C30H28BNO2/c1-29(2)30(3,4)34-31(33-29)22-18-19-23(21-12-6-5-7-13-21)28(20-22)32-26-16-10-8-14-24(26)25-15-9-11-17-27(25)32/h5-20H,1-4H3. The summed E-state index contributed by atoms with van der Waals surface area (Å²) >= 11 is 0. The largest absolute Gasteiger partial charge is 0.494 e. The predicted molar refractivity (Wildman–Crippen MR) is 142 cm³/mol. The zero-order valence-electron chi connectivity index (χ0n) is 20.1. The SMILES string of the molecule is CC1(C)OB(c2ccc(-c3ccccc3)c(-n3c4ccccc4c4ccccc43)c2)OC1(C)C. The lowest BCUT2D eigenvalue weighted by Crippen LogP contribution is -2.41. The Balaban J connectivity index is 1.63. The van der Waals surface area contributed by atoms with Crippen LogP contribution in [0.1, 0.15) is 27.7 Å². The van der Waals surface area contributed by atoms with Crippen molar-refractivity contribution in [2.24, 2.45) is 0 Å². The molecular formula is C30H28BNO2. The van der Waals surface area contributed by atoms with Gasteiger partial charge in [0.25, 0.3) is 0 Å². The molecule has 0 N–H and O–H groups in total. The van der Waals surface area contributed by atoms with Gasteiger partial charge in [0.05, 0.1) is 27.9 Å². The van der Waals surface area contributed by atoms with Gasteiger partial charge >= 0.3 is 7.12 Å². The molecule has 1 aromatic heterocycles. The van der Waals surface area contributed by atoms with Gasteiger partial charge in [-0.1, -0.05) is 78.9 Å². The van der Waals surface area contributed by atoms with E-state index in [1.165, 1.54) is 32.9 Å². The topological polar surface area (TPSA) is 23.4 Å². The molecule has 1 aliphatic heterocycles. The third-order valence-electron chi connectivity index (χ3n) is 7.45. The molecule has 2 heterocycles. The Hall–Kier alpha value is -3.34. The van der Waals surface area contributed by atoms with Crippen molar-refractivity contribution in [3.05, 3.63) is 97.1 Å². The number of benzene rings is 4. The quantitative estimate of drug-likeness (QED) is 0.287. The third kappa shape index (κ3) is 3.21. The van der Waals surface area contributed by atoms with Crippen molar-refractivity contribution in [1.29, 1.82) is 0 Å². The van der Waals surface area contributed by atoms with E-state index in [0.717, 1.165) is 11.2 Å². The van der Waals surface area contributed by atoms with Gasteiger partial charge in [-0.2, -0.15) is 0 Å². The first-order chi connectivity index (χ1) is 16.4. The molecule has 0 aliphatic carbocycles. The second-order valence-corrected chi connectivity index (χ2v) is 10.1. The van der Waals surface area contributed by atoms with E-state index in [1.807, 2.05) is 0 Å². The summed E-state index contributed by atoms with van der Waals surface area (Å²) in [7, 11) is -0.415. The Bertz CT molecular complexity index is 1450. The highest BCUT2D eigenvalue weighted by Crippen LogP contribution is 2.38. The number of para-hydroxylation sites is 2. The predicted octanol–water partition coefficient (Wildman–Crippen LogP) is 6.75. The van der Waals surface area contributed by atoms with Crippen LogP contribution in [0, 0.1) is 0 Å². The Morgan fingerprint density at radius 2 is 1.15 bits per heavy atom. The number of nitrogens with zero attached hydrogens (tertiary/aromatic N) is 1. The molecule has 34 heavy (non-hydrogen) atoms. The molecule has 4 aromatic carbocycles. The van der Waals surface area contributed by atoms with Crippen molar-refractivity contribution in [2.45, 2.75) is 38.9 Å². The number of rotatable bonds is 3. The molecule has 6 rings (SSSR count). The van der Waals surface area contributed by atoms with Crippen LogP contribution in [0.25, 0.3) is 38.6 Å². The Labute approximate surface area is 201 Å². The lowest BCUT2D eigenvalue weighted by atomic mass is 9.78. The number of aromatic nitrogens is 1. The summed E-state index contributed by atoms with van der Waals surface area (Å²) in [6.07, 6.45) is 0. The van der Waals surface area contributed by atoms with Crippen molar-refractivity contribution in [2.75, 3.05) is 0 Å². The van der Waals surface area contributed by atoms with E-state index in [0.29, 0.717) is 0 Å². The minimum absolute atomic E-state index is 0.386. The fourth-order valence-corrected chi connectivity index (χ4v) is 4.90. The second-order valence-electron chi connectivity index (χ2n) is 10.1. The van der Waals surface area contributed by atoms with Crippen molar-refractivity contribution in [3.63, 3.8) is 0 Å². The van der Waals surface area contributed by atoms with E-state index >= 15 is 0 Å². The lowest BCUT2D eigenvalue weighted by Gasteiger charge is -2.32. The Morgan fingerprint density at radius 1 is 0.618 bits per heavy atom. The fraction of sp³-hybridized carbons (Fsp3) is 0.200. The van der Waals surface area contributed by atoms with Crippen molar-refractivity contribution in [1.82, 2.24) is 4.57 Å². The van der Waals surface area contributed by atoms with Crippen molar-refractivity contribution < 1.29 is 9.31 Å². The first-order valence-electron chi connectivity index (χ1n) is 11.9. The van der Waals surface area contributed by atoms with Crippen LogP contribution < -0.4 is 5.46 Å². The van der Waals surface area contributed by atoms with E-state index in [1.54, 1.807) is 0 Å². The summed E-state index contributed by atoms with van der Waals surface area (Å²) in [5, 5.41) is 2.50.